The van der Waals surface area contributed by atoms with Crippen molar-refractivity contribution in [1.82, 2.24) is 10.6 Å². The molecule has 6 nitrogen and oxygen atoms in total. The predicted octanol–water partition coefficient (Wildman–Crippen LogP) is 3.32. The summed E-state index contributed by atoms with van der Waals surface area (Å²) < 4.78 is 16.3. The van der Waals surface area contributed by atoms with E-state index in [1.165, 1.54) is 0 Å². The number of guanidine groups is 1. The van der Waals surface area contributed by atoms with E-state index in [1.54, 1.807) is 28.4 Å². The molecule has 0 radical (unpaired) electrons. The Labute approximate surface area is 171 Å². The second kappa shape index (κ2) is 11.3. The lowest BCUT2D eigenvalue weighted by atomic mass is 10.1. The molecule has 0 atom stereocenters. The van der Waals surface area contributed by atoms with Crippen molar-refractivity contribution in [3.05, 3.63) is 52.5 Å². The third kappa shape index (κ3) is 5.70. The van der Waals surface area contributed by atoms with Gasteiger partial charge in [-0.15, -0.1) is 0 Å². The molecular weight excluding hydrogens is 378 g/mol. The van der Waals surface area contributed by atoms with Gasteiger partial charge in [0, 0.05) is 30.7 Å². The molecule has 0 bridgehead atoms. The molecule has 0 aliphatic carbocycles. The van der Waals surface area contributed by atoms with Crippen molar-refractivity contribution >= 4 is 17.6 Å². The minimum atomic E-state index is 0.602. The van der Waals surface area contributed by atoms with Gasteiger partial charge in [0.25, 0.3) is 0 Å². The molecule has 0 unspecified atom stereocenters. The normalized spacial score (nSPS) is 11.1. The summed E-state index contributed by atoms with van der Waals surface area (Å²) in [6, 6.07) is 11.7. The first-order valence-electron chi connectivity index (χ1n) is 9.10. The number of nitrogens with zero attached hydrogens (tertiary/aromatic N) is 1. The molecule has 0 spiro atoms. The fourth-order valence-corrected chi connectivity index (χ4v) is 3.14. The van der Waals surface area contributed by atoms with Gasteiger partial charge in [0.15, 0.2) is 17.5 Å². The Balaban J connectivity index is 1.88. The van der Waals surface area contributed by atoms with E-state index in [0.717, 1.165) is 41.5 Å². The van der Waals surface area contributed by atoms with Crippen molar-refractivity contribution in [1.29, 1.82) is 0 Å². The monoisotopic (exact) mass is 405 g/mol. The van der Waals surface area contributed by atoms with Crippen LogP contribution in [0.25, 0.3) is 0 Å². The summed E-state index contributed by atoms with van der Waals surface area (Å²) in [5.74, 6) is 2.68. The first kappa shape index (κ1) is 21.7. The smallest absolute Gasteiger partial charge is 0.203 e. The zero-order valence-electron chi connectivity index (χ0n) is 16.8. The van der Waals surface area contributed by atoms with Crippen LogP contribution in [0.2, 0.25) is 5.02 Å². The molecular formula is C21H28ClN3O3. The highest BCUT2D eigenvalue weighted by Crippen LogP contribution is 2.39. The van der Waals surface area contributed by atoms with Crippen molar-refractivity contribution in [2.24, 2.45) is 4.99 Å². The zero-order valence-corrected chi connectivity index (χ0v) is 17.6. The molecule has 0 fully saturated rings. The van der Waals surface area contributed by atoms with E-state index in [-0.39, 0.29) is 0 Å². The Hall–Kier alpha value is -2.60. The number of halogens is 1. The summed E-state index contributed by atoms with van der Waals surface area (Å²) in [6.45, 7) is 1.43. The maximum Gasteiger partial charge on any atom is 0.203 e. The Kier molecular flexibility index (Phi) is 8.75. The molecule has 0 saturated carbocycles. The van der Waals surface area contributed by atoms with Gasteiger partial charge in [-0.25, -0.2) is 0 Å². The van der Waals surface area contributed by atoms with Crippen LogP contribution in [-0.2, 0) is 12.8 Å². The van der Waals surface area contributed by atoms with Gasteiger partial charge in [-0.1, -0.05) is 35.9 Å². The van der Waals surface area contributed by atoms with Gasteiger partial charge in [0.1, 0.15) is 0 Å². The van der Waals surface area contributed by atoms with Crippen LogP contribution in [0.5, 0.6) is 17.2 Å². The molecule has 28 heavy (non-hydrogen) atoms. The van der Waals surface area contributed by atoms with E-state index < -0.39 is 0 Å². The van der Waals surface area contributed by atoms with Gasteiger partial charge in [0.2, 0.25) is 5.75 Å². The molecule has 0 aromatic heterocycles. The highest BCUT2D eigenvalue weighted by molar-refractivity contribution is 6.31. The minimum Gasteiger partial charge on any atom is -0.493 e. The van der Waals surface area contributed by atoms with Crippen molar-refractivity contribution < 1.29 is 14.2 Å². The number of nitrogens with one attached hydrogen (secondary N) is 2. The lowest BCUT2D eigenvalue weighted by Crippen LogP contribution is -2.39. The van der Waals surface area contributed by atoms with Gasteiger partial charge in [0.05, 0.1) is 21.3 Å². The molecule has 2 aromatic rings. The first-order valence-corrected chi connectivity index (χ1v) is 9.48. The highest BCUT2D eigenvalue weighted by atomic mass is 35.5. The van der Waals surface area contributed by atoms with Crippen LogP contribution in [0.1, 0.15) is 11.1 Å². The topological polar surface area (TPSA) is 64.1 Å². The maximum atomic E-state index is 6.20. The Morgan fingerprint density at radius 3 is 2.07 bits per heavy atom. The molecule has 0 amide bonds. The summed E-state index contributed by atoms with van der Waals surface area (Å²) in [5.41, 5.74) is 2.14. The summed E-state index contributed by atoms with van der Waals surface area (Å²) in [5, 5.41) is 7.40. The highest BCUT2D eigenvalue weighted by Gasteiger charge is 2.15. The maximum absolute atomic E-state index is 6.20. The lowest BCUT2D eigenvalue weighted by Gasteiger charge is -2.16. The van der Waals surface area contributed by atoms with E-state index >= 15 is 0 Å². The number of methoxy groups -OCH3 is 3. The second-order valence-corrected chi connectivity index (χ2v) is 6.42. The summed E-state index contributed by atoms with van der Waals surface area (Å²) in [4.78, 5) is 4.26. The number of rotatable bonds is 9. The molecule has 2 rings (SSSR count). The molecule has 2 aromatic carbocycles. The van der Waals surface area contributed by atoms with E-state index in [9.17, 15) is 0 Å². The standard InChI is InChI=1S/C21H28ClN3O3/c1-23-21(24-13-11-15-7-5-6-8-17(15)22)25-14-12-16-9-10-18(26-2)20(28-4)19(16)27-3/h5-10H,11-14H2,1-4H3,(H2,23,24,25). The molecule has 2 N–H and O–H groups in total. The zero-order chi connectivity index (χ0) is 20.4. The van der Waals surface area contributed by atoms with Crippen LogP contribution in [-0.4, -0.2) is 47.4 Å². The number of ether oxygens (including phenoxy) is 3. The molecule has 0 aliphatic rings. The number of hydrogen-bond acceptors (Lipinski definition) is 4. The molecule has 152 valence electrons. The third-order valence-electron chi connectivity index (χ3n) is 4.34. The van der Waals surface area contributed by atoms with Gasteiger partial charge in [-0.3, -0.25) is 4.99 Å². The average molecular weight is 406 g/mol. The van der Waals surface area contributed by atoms with E-state index in [2.05, 4.69) is 15.6 Å². The minimum absolute atomic E-state index is 0.602. The fraction of sp³-hybridized carbons (Fsp3) is 0.381. The summed E-state index contributed by atoms with van der Waals surface area (Å²) in [6.07, 6.45) is 1.57. The summed E-state index contributed by atoms with van der Waals surface area (Å²) in [7, 11) is 6.59. The van der Waals surface area contributed by atoms with Crippen LogP contribution in [0.15, 0.2) is 41.4 Å². The van der Waals surface area contributed by atoms with E-state index in [1.807, 2.05) is 36.4 Å². The number of hydrogen-bond donors (Lipinski definition) is 2. The van der Waals surface area contributed by atoms with Gasteiger partial charge < -0.3 is 24.8 Å². The molecule has 0 heterocycles. The van der Waals surface area contributed by atoms with Crippen molar-refractivity contribution in [3.8, 4) is 17.2 Å². The van der Waals surface area contributed by atoms with Gasteiger partial charge >= 0.3 is 0 Å². The Morgan fingerprint density at radius 1 is 0.857 bits per heavy atom. The van der Waals surface area contributed by atoms with Crippen molar-refractivity contribution in [2.45, 2.75) is 12.8 Å². The Bertz CT molecular complexity index is 796. The van der Waals surface area contributed by atoms with Crippen molar-refractivity contribution in [3.63, 3.8) is 0 Å². The summed E-state index contributed by atoms with van der Waals surface area (Å²) >= 11 is 6.20. The van der Waals surface area contributed by atoms with Crippen LogP contribution >= 0.6 is 11.6 Å². The van der Waals surface area contributed by atoms with Crippen molar-refractivity contribution in [2.75, 3.05) is 41.5 Å². The van der Waals surface area contributed by atoms with E-state index in [4.69, 9.17) is 25.8 Å². The lowest BCUT2D eigenvalue weighted by molar-refractivity contribution is 0.322. The third-order valence-corrected chi connectivity index (χ3v) is 4.71. The van der Waals surface area contributed by atoms with E-state index in [0.29, 0.717) is 23.8 Å². The quantitative estimate of drug-likeness (QED) is 0.495. The number of aliphatic imine (C=N–C) groups is 1. The van der Waals surface area contributed by atoms with Crippen LogP contribution in [0.4, 0.5) is 0 Å². The van der Waals surface area contributed by atoms with Crippen LogP contribution in [0.3, 0.4) is 0 Å². The van der Waals surface area contributed by atoms with Gasteiger partial charge in [-0.2, -0.15) is 0 Å². The fourth-order valence-electron chi connectivity index (χ4n) is 2.91. The molecule has 0 saturated heterocycles. The largest absolute Gasteiger partial charge is 0.493 e. The average Bonchev–Trinajstić information content (AvgIpc) is 2.73. The SMILES string of the molecule is CN=C(NCCc1ccccc1Cl)NCCc1ccc(OC)c(OC)c1OC. The molecule has 0 aliphatic heterocycles. The molecule has 7 heteroatoms. The predicted molar refractivity (Wildman–Crippen MR) is 114 cm³/mol. The van der Waals surface area contributed by atoms with Crippen LogP contribution in [0, 0.1) is 0 Å². The first-order chi connectivity index (χ1) is 13.6. The number of benzene rings is 2. The Morgan fingerprint density at radius 2 is 1.50 bits per heavy atom. The van der Waals surface area contributed by atoms with Gasteiger partial charge in [-0.05, 0) is 30.5 Å². The second-order valence-electron chi connectivity index (χ2n) is 6.01. The van der Waals surface area contributed by atoms with Crippen LogP contribution < -0.4 is 24.8 Å².